The average Bonchev–Trinajstić information content (AvgIpc) is 3.40. The molecule has 0 N–H and O–H groups in total. The molecular formula is C22H18OS5. The molecule has 6 rings (SSSR count). The van der Waals surface area contributed by atoms with Gasteiger partial charge in [-0.05, 0) is 47.9 Å². The summed E-state index contributed by atoms with van der Waals surface area (Å²) in [4.78, 5) is 4.44. The Morgan fingerprint density at radius 3 is 2.43 bits per heavy atom. The van der Waals surface area contributed by atoms with Gasteiger partial charge >= 0.3 is 0 Å². The predicted octanol–water partition coefficient (Wildman–Crippen LogP) is 9.67. The van der Waals surface area contributed by atoms with Gasteiger partial charge in [0.1, 0.15) is 11.2 Å². The van der Waals surface area contributed by atoms with Gasteiger partial charge in [-0.25, -0.2) is 0 Å². The largest absolute Gasteiger partial charge is 0.454 e. The maximum atomic E-state index is 6.01. The van der Waals surface area contributed by atoms with Crippen LogP contribution in [0.25, 0.3) is 39.4 Å². The summed E-state index contributed by atoms with van der Waals surface area (Å²) in [5, 5.41) is 2.12. The van der Waals surface area contributed by atoms with Crippen LogP contribution in [-0.2, 0) is 6.42 Å². The molecule has 0 saturated carbocycles. The minimum absolute atomic E-state index is 0.514. The van der Waals surface area contributed by atoms with Crippen LogP contribution < -0.4 is 0 Å². The van der Waals surface area contributed by atoms with E-state index in [2.05, 4.69) is 50.4 Å². The highest BCUT2D eigenvalue weighted by Crippen LogP contribution is 2.46. The van der Waals surface area contributed by atoms with Crippen LogP contribution in [0.15, 0.2) is 34.1 Å². The van der Waals surface area contributed by atoms with Crippen molar-refractivity contribution in [2.45, 2.75) is 39.0 Å². The first kappa shape index (κ1) is 17.7. The van der Waals surface area contributed by atoms with E-state index in [0.717, 1.165) is 17.6 Å². The molecule has 0 aliphatic rings. The first-order chi connectivity index (χ1) is 13.6. The third-order valence-corrected chi connectivity index (χ3v) is 11.7. The van der Waals surface area contributed by atoms with E-state index >= 15 is 0 Å². The van der Waals surface area contributed by atoms with Crippen molar-refractivity contribution in [3.63, 3.8) is 0 Å². The van der Waals surface area contributed by atoms with E-state index in [1.807, 2.05) is 45.3 Å². The zero-order chi connectivity index (χ0) is 19.0. The Balaban J connectivity index is 1.33. The van der Waals surface area contributed by atoms with Gasteiger partial charge in [0.25, 0.3) is 0 Å². The van der Waals surface area contributed by atoms with Crippen LogP contribution in [0, 0.1) is 0 Å². The molecule has 0 bridgehead atoms. The van der Waals surface area contributed by atoms with Crippen LogP contribution in [0.2, 0.25) is 0 Å². The van der Waals surface area contributed by atoms with E-state index < -0.39 is 0 Å². The van der Waals surface area contributed by atoms with Gasteiger partial charge in [0.2, 0.25) is 0 Å². The highest BCUT2D eigenvalue weighted by Gasteiger charge is 2.19. The molecule has 0 aromatic carbocycles. The van der Waals surface area contributed by atoms with E-state index in [1.54, 1.807) is 11.3 Å². The molecule has 1 nitrogen and oxygen atoms in total. The second-order valence-corrected chi connectivity index (χ2v) is 13.0. The summed E-state index contributed by atoms with van der Waals surface area (Å²) < 4.78 is 14.6. The second kappa shape index (κ2) is 6.41. The molecule has 0 radical (unpaired) electrons. The first-order valence-electron chi connectivity index (χ1n) is 9.41. The maximum absolute atomic E-state index is 6.01. The van der Waals surface area contributed by atoms with E-state index in [0.29, 0.717) is 11.8 Å². The SMILES string of the molecule is CC(C)c1cc2sc3cc(CC(C)c4cc5oc6ccsc6c5s4)sc3c2s1. The summed E-state index contributed by atoms with van der Waals surface area (Å²) in [6, 6.07) is 9.17. The molecule has 1 unspecified atom stereocenters. The highest BCUT2D eigenvalue weighted by molar-refractivity contribution is 7.38. The zero-order valence-corrected chi connectivity index (χ0v) is 19.8. The third kappa shape index (κ3) is 2.66. The van der Waals surface area contributed by atoms with Crippen molar-refractivity contribution >= 4 is 96.0 Å². The maximum Gasteiger partial charge on any atom is 0.147 e. The van der Waals surface area contributed by atoms with Gasteiger partial charge in [-0.3, -0.25) is 0 Å². The number of thiophene rings is 5. The molecule has 6 heteroatoms. The predicted molar refractivity (Wildman–Crippen MR) is 131 cm³/mol. The number of hydrogen-bond acceptors (Lipinski definition) is 6. The fourth-order valence-electron chi connectivity index (χ4n) is 3.72. The minimum atomic E-state index is 0.514. The van der Waals surface area contributed by atoms with Crippen LogP contribution in [0.5, 0.6) is 0 Å². The fourth-order valence-corrected chi connectivity index (χ4v) is 10.0. The van der Waals surface area contributed by atoms with Crippen LogP contribution in [0.3, 0.4) is 0 Å². The monoisotopic (exact) mass is 458 g/mol. The Labute approximate surface area is 182 Å². The first-order valence-corrected chi connectivity index (χ1v) is 13.6. The van der Waals surface area contributed by atoms with Crippen LogP contribution in [0.4, 0.5) is 0 Å². The summed E-state index contributed by atoms with van der Waals surface area (Å²) in [7, 11) is 0. The Bertz CT molecular complexity index is 1440. The van der Waals surface area contributed by atoms with Gasteiger partial charge in [-0.2, -0.15) is 0 Å². The van der Waals surface area contributed by atoms with E-state index in [4.69, 9.17) is 4.42 Å². The summed E-state index contributed by atoms with van der Waals surface area (Å²) in [5.74, 6) is 1.13. The molecule has 6 aromatic rings. The van der Waals surface area contributed by atoms with Crippen LogP contribution >= 0.6 is 56.7 Å². The van der Waals surface area contributed by atoms with Crippen molar-refractivity contribution in [1.82, 2.24) is 0 Å². The molecule has 0 amide bonds. The lowest BCUT2D eigenvalue weighted by atomic mass is 10.1. The Hall–Kier alpha value is -1.18. The van der Waals surface area contributed by atoms with Gasteiger partial charge in [-0.15, -0.1) is 56.7 Å². The lowest BCUT2D eigenvalue weighted by molar-refractivity contribution is 0.669. The van der Waals surface area contributed by atoms with Gasteiger partial charge < -0.3 is 4.42 Å². The molecule has 0 saturated heterocycles. The van der Waals surface area contributed by atoms with Crippen molar-refractivity contribution in [3.8, 4) is 0 Å². The van der Waals surface area contributed by atoms with Crippen LogP contribution in [0.1, 0.15) is 47.2 Å². The van der Waals surface area contributed by atoms with Gasteiger partial charge in [-0.1, -0.05) is 20.8 Å². The lowest BCUT2D eigenvalue weighted by Crippen LogP contribution is -1.93. The highest BCUT2D eigenvalue weighted by atomic mass is 32.1. The van der Waals surface area contributed by atoms with Gasteiger partial charge in [0, 0.05) is 24.0 Å². The van der Waals surface area contributed by atoms with Gasteiger partial charge in [0.05, 0.1) is 18.8 Å². The number of rotatable bonds is 4. The molecule has 1 atom stereocenters. The van der Waals surface area contributed by atoms with Crippen LogP contribution in [-0.4, -0.2) is 0 Å². The lowest BCUT2D eigenvalue weighted by Gasteiger charge is -2.06. The average molecular weight is 459 g/mol. The zero-order valence-electron chi connectivity index (χ0n) is 15.7. The quantitative estimate of drug-likeness (QED) is 0.256. The second-order valence-electron chi connectivity index (χ2n) is 7.67. The van der Waals surface area contributed by atoms with E-state index in [1.165, 1.54) is 42.8 Å². The smallest absolute Gasteiger partial charge is 0.147 e. The summed E-state index contributed by atoms with van der Waals surface area (Å²) >= 11 is 9.64. The standard InChI is InChI=1S/C22H18OS5/c1-10(2)15-9-18-22(27-15)21-17(26-18)7-12(25-21)6-11(3)16-8-14-20(28-16)19-13(23-14)4-5-24-19/h4-5,7-11H,6H2,1-3H3. The summed E-state index contributed by atoms with van der Waals surface area (Å²) in [6.45, 7) is 6.92. The number of hydrogen-bond donors (Lipinski definition) is 0. The Kier molecular flexibility index (Phi) is 4.04. The van der Waals surface area contributed by atoms with Gasteiger partial charge in [0.15, 0.2) is 0 Å². The molecular weight excluding hydrogens is 441 g/mol. The summed E-state index contributed by atoms with van der Waals surface area (Å²) in [5.41, 5.74) is 2.09. The number of fused-ring (bicyclic) bond motifs is 6. The molecule has 0 spiro atoms. The summed E-state index contributed by atoms with van der Waals surface area (Å²) in [6.07, 6.45) is 1.10. The normalized spacial score (nSPS) is 13.9. The third-order valence-electron chi connectivity index (χ3n) is 5.23. The molecule has 142 valence electrons. The molecule has 6 aromatic heterocycles. The van der Waals surface area contributed by atoms with E-state index in [9.17, 15) is 0 Å². The Morgan fingerprint density at radius 2 is 1.57 bits per heavy atom. The molecule has 0 aliphatic carbocycles. The van der Waals surface area contributed by atoms with Crippen molar-refractivity contribution in [1.29, 1.82) is 0 Å². The van der Waals surface area contributed by atoms with Crippen molar-refractivity contribution in [2.75, 3.05) is 0 Å². The molecule has 0 fully saturated rings. The fraction of sp³-hybridized carbons (Fsp3) is 0.273. The van der Waals surface area contributed by atoms with Crippen molar-refractivity contribution in [3.05, 3.63) is 44.3 Å². The Morgan fingerprint density at radius 1 is 0.786 bits per heavy atom. The van der Waals surface area contributed by atoms with E-state index in [-0.39, 0.29) is 0 Å². The van der Waals surface area contributed by atoms with Crippen molar-refractivity contribution < 1.29 is 4.42 Å². The topological polar surface area (TPSA) is 13.1 Å². The van der Waals surface area contributed by atoms with Crippen molar-refractivity contribution in [2.24, 2.45) is 0 Å². The molecule has 28 heavy (non-hydrogen) atoms. The molecule has 0 aliphatic heterocycles. The minimum Gasteiger partial charge on any atom is -0.454 e. The number of furan rings is 1. The molecule has 6 heterocycles.